The number of unbranched alkanes of at least 4 members (excludes halogenated alkanes) is 5. The van der Waals surface area contributed by atoms with Gasteiger partial charge in [-0.2, -0.15) is 0 Å². The quantitative estimate of drug-likeness (QED) is 0.0200. The highest BCUT2D eigenvalue weighted by Gasteiger charge is 2.21. The molecule has 0 rings (SSSR count). The number of likely N-dealkylation sites (N-methyl/N-ethyl adjacent to an activating group) is 1. The van der Waals surface area contributed by atoms with E-state index in [4.69, 9.17) is 18.5 Å². The summed E-state index contributed by atoms with van der Waals surface area (Å²) in [6, 6.07) is 0. The third-order valence-corrected chi connectivity index (χ3v) is 9.25. The monoisotopic (exact) mass is 828 g/mol. The van der Waals surface area contributed by atoms with Gasteiger partial charge in [-0.05, 0) is 89.9 Å². The molecule has 9 nitrogen and oxygen atoms in total. The summed E-state index contributed by atoms with van der Waals surface area (Å²) in [5.74, 6) is -0.993. The molecular weight excluding hydrogens is 750 g/mol. The van der Waals surface area contributed by atoms with Crippen molar-refractivity contribution < 1.29 is 42.1 Å². The van der Waals surface area contributed by atoms with Crippen molar-refractivity contribution in [2.45, 2.75) is 136 Å². The first kappa shape index (κ1) is 54.7. The molecule has 0 aromatic heterocycles. The zero-order valence-corrected chi connectivity index (χ0v) is 37.6. The number of quaternary nitrogens is 1. The van der Waals surface area contributed by atoms with Crippen molar-refractivity contribution in [1.82, 2.24) is 0 Å². The molecule has 58 heavy (non-hydrogen) atoms. The van der Waals surface area contributed by atoms with Crippen molar-refractivity contribution in [3.63, 3.8) is 0 Å². The molecule has 0 fully saturated rings. The summed E-state index contributed by atoms with van der Waals surface area (Å²) in [5.41, 5.74) is 0. The maximum absolute atomic E-state index is 12.6. The highest BCUT2D eigenvalue weighted by molar-refractivity contribution is 7.45. The topological polar surface area (TPSA) is 111 Å². The molecule has 0 heterocycles. The highest BCUT2D eigenvalue weighted by atomic mass is 31.2. The molecule has 0 saturated carbocycles. The summed E-state index contributed by atoms with van der Waals surface area (Å²) >= 11 is 0. The van der Waals surface area contributed by atoms with Crippen molar-refractivity contribution in [3.05, 3.63) is 109 Å². The maximum Gasteiger partial charge on any atom is 0.306 e. The van der Waals surface area contributed by atoms with E-state index in [1.807, 2.05) is 33.3 Å². The molecule has 0 saturated heterocycles. The van der Waals surface area contributed by atoms with E-state index in [0.717, 1.165) is 64.2 Å². The van der Waals surface area contributed by atoms with Crippen molar-refractivity contribution >= 4 is 19.8 Å². The van der Waals surface area contributed by atoms with Crippen LogP contribution in [-0.2, 0) is 32.7 Å². The van der Waals surface area contributed by atoms with Crippen LogP contribution < -0.4 is 4.89 Å². The van der Waals surface area contributed by atoms with Gasteiger partial charge in [0.25, 0.3) is 7.82 Å². The molecular formula is C48H78NO8P. The fraction of sp³-hybridized carbons (Fsp3) is 0.583. The van der Waals surface area contributed by atoms with Gasteiger partial charge in [-0.15, -0.1) is 0 Å². The van der Waals surface area contributed by atoms with Crippen molar-refractivity contribution in [2.75, 3.05) is 47.5 Å². The average Bonchev–Trinajstić information content (AvgIpc) is 3.17. The molecule has 0 bridgehead atoms. The minimum Gasteiger partial charge on any atom is -0.756 e. The number of hydrogen-bond donors (Lipinski definition) is 0. The molecule has 0 aliphatic rings. The van der Waals surface area contributed by atoms with Crippen LogP contribution in [0.5, 0.6) is 0 Å². The standard InChI is InChI=1S/C48H78NO8P/c1-6-8-10-12-14-16-18-20-22-23-24-25-27-29-31-33-35-37-39-41-48(51)57-46(45-56-58(52,53)55-43-42-49(3,4)5)44-54-47(50)40-38-36-34-32-30-28-26-21-19-17-15-13-11-9-7-2/h9,11,14-17,20-22,24-26,29-32,35,37,46H,6-8,10,12-13,18-19,23,27-28,33-34,36,38-45H2,1-5H3/b11-9-,16-14-,17-15-,22-20-,25-24-,26-21-,31-29-,32-30-,37-35-/t46-/m1/s1. The second kappa shape index (κ2) is 39.1. The molecule has 0 N–H and O–H groups in total. The van der Waals surface area contributed by atoms with Gasteiger partial charge in [0.15, 0.2) is 6.10 Å². The summed E-state index contributed by atoms with van der Waals surface area (Å²) in [6.45, 7) is 3.91. The second-order valence-corrected chi connectivity index (χ2v) is 16.4. The van der Waals surface area contributed by atoms with E-state index in [1.165, 1.54) is 25.7 Å². The molecule has 328 valence electrons. The van der Waals surface area contributed by atoms with Gasteiger partial charge in [0.05, 0.1) is 27.7 Å². The van der Waals surface area contributed by atoms with Gasteiger partial charge >= 0.3 is 11.9 Å². The Balaban J connectivity index is 4.60. The van der Waals surface area contributed by atoms with Gasteiger partial charge in [-0.25, -0.2) is 0 Å². The lowest BCUT2D eigenvalue weighted by Gasteiger charge is -2.28. The van der Waals surface area contributed by atoms with E-state index in [2.05, 4.69) is 111 Å². The van der Waals surface area contributed by atoms with Crippen LogP contribution in [0, 0.1) is 0 Å². The van der Waals surface area contributed by atoms with Crippen LogP contribution in [0.1, 0.15) is 129 Å². The van der Waals surface area contributed by atoms with E-state index < -0.39 is 32.5 Å². The predicted octanol–water partition coefficient (Wildman–Crippen LogP) is 11.7. The van der Waals surface area contributed by atoms with Crippen molar-refractivity contribution in [2.24, 2.45) is 0 Å². The summed E-state index contributed by atoms with van der Waals surface area (Å²) in [6.07, 6.45) is 52.8. The number of esters is 2. The Morgan fingerprint density at radius 1 is 0.552 bits per heavy atom. The lowest BCUT2D eigenvalue weighted by molar-refractivity contribution is -0.870. The molecule has 0 spiro atoms. The zero-order chi connectivity index (χ0) is 42.8. The Bertz CT molecular complexity index is 1350. The minimum absolute atomic E-state index is 0.0575. The second-order valence-electron chi connectivity index (χ2n) is 15.0. The number of rotatable bonds is 37. The van der Waals surface area contributed by atoms with Gasteiger partial charge < -0.3 is 27.9 Å². The average molecular weight is 828 g/mol. The van der Waals surface area contributed by atoms with Crippen LogP contribution in [0.15, 0.2) is 109 Å². The highest BCUT2D eigenvalue weighted by Crippen LogP contribution is 2.38. The van der Waals surface area contributed by atoms with Crippen molar-refractivity contribution in [3.8, 4) is 0 Å². The van der Waals surface area contributed by atoms with Crippen LogP contribution >= 0.6 is 7.82 Å². The first-order valence-electron chi connectivity index (χ1n) is 21.6. The smallest absolute Gasteiger partial charge is 0.306 e. The summed E-state index contributed by atoms with van der Waals surface area (Å²) in [4.78, 5) is 37.5. The molecule has 0 amide bonds. The Hall–Kier alpha value is -3.33. The lowest BCUT2D eigenvalue weighted by Crippen LogP contribution is -2.37. The Morgan fingerprint density at radius 2 is 1.00 bits per heavy atom. The minimum atomic E-state index is -4.66. The van der Waals surface area contributed by atoms with Crippen LogP contribution in [0.25, 0.3) is 0 Å². The maximum atomic E-state index is 12.6. The molecule has 0 radical (unpaired) electrons. The number of phosphoric ester groups is 1. The van der Waals surface area contributed by atoms with Gasteiger partial charge in [0.1, 0.15) is 19.8 Å². The fourth-order valence-electron chi connectivity index (χ4n) is 4.92. The number of hydrogen-bond acceptors (Lipinski definition) is 8. The zero-order valence-electron chi connectivity index (χ0n) is 36.7. The van der Waals surface area contributed by atoms with Gasteiger partial charge in [-0.3, -0.25) is 14.2 Å². The lowest BCUT2D eigenvalue weighted by atomic mass is 10.2. The fourth-order valence-corrected chi connectivity index (χ4v) is 5.65. The SMILES string of the molecule is CC/C=C\C/C=C\C/C=C\C/C=C\CCCCC(=O)OC[C@H](COP(=O)([O-])OCC[N+](C)(C)C)OC(=O)CC/C=C\C/C=C\C/C=C\C/C=C\C/C=C\CCCCC. The number of carbonyl (C=O) groups is 2. The van der Waals surface area contributed by atoms with E-state index in [0.29, 0.717) is 23.9 Å². The van der Waals surface area contributed by atoms with Gasteiger partial charge in [-0.1, -0.05) is 136 Å². The first-order valence-corrected chi connectivity index (χ1v) is 23.1. The van der Waals surface area contributed by atoms with Crippen LogP contribution in [0.2, 0.25) is 0 Å². The van der Waals surface area contributed by atoms with E-state index in [9.17, 15) is 19.0 Å². The van der Waals surface area contributed by atoms with E-state index >= 15 is 0 Å². The number of allylic oxidation sites excluding steroid dienone is 18. The number of ether oxygens (including phenoxy) is 2. The van der Waals surface area contributed by atoms with Gasteiger partial charge in [0, 0.05) is 12.8 Å². The van der Waals surface area contributed by atoms with E-state index in [-0.39, 0.29) is 26.1 Å². The molecule has 2 atom stereocenters. The third kappa shape index (κ3) is 42.3. The number of phosphoric acid groups is 1. The van der Waals surface area contributed by atoms with E-state index in [1.54, 1.807) is 0 Å². The van der Waals surface area contributed by atoms with Crippen LogP contribution in [-0.4, -0.2) is 70.0 Å². The molecule has 0 aliphatic heterocycles. The molecule has 10 heteroatoms. The summed E-state index contributed by atoms with van der Waals surface area (Å²) < 4.78 is 33.7. The van der Waals surface area contributed by atoms with Gasteiger partial charge in [0.2, 0.25) is 0 Å². The molecule has 0 aliphatic carbocycles. The van der Waals surface area contributed by atoms with Crippen molar-refractivity contribution in [1.29, 1.82) is 0 Å². The normalized spacial score (nSPS) is 14.7. The largest absolute Gasteiger partial charge is 0.756 e. The molecule has 1 unspecified atom stereocenters. The predicted molar refractivity (Wildman–Crippen MR) is 240 cm³/mol. The molecule has 0 aromatic carbocycles. The van der Waals surface area contributed by atoms with Crippen LogP contribution in [0.3, 0.4) is 0 Å². The molecule has 0 aromatic rings. The van der Waals surface area contributed by atoms with Crippen LogP contribution in [0.4, 0.5) is 0 Å². The third-order valence-electron chi connectivity index (χ3n) is 8.29. The summed E-state index contributed by atoms with van der Waals surface area (Å²) in [5, 5.41) is 0. The Morgan fingerprint density at radius 3 is 1.47 bits per heavy atom. The Labute approximate surface area is 353 Å². The summed E-state index contributed by atoms with van der Waals surface area (Å²) in [7, 11) is 1.07. The number of carbonyl (C=O) groups excluding carboxylic acids is 2. The number of nitrogens with zero attached hydrogens (tertiary/aromatic N) is 1. The first-order chi connectivity index (χ1) is 28.0. The Kier molecular flexibility index (Phi) is 36.9.